The van der Waals surface area contributed by atoms with Crippen molar-refractivity contribution in [2.24, 2.45) is 17.8 Å². The zero-order chi connectivity index (χ0) is 13.7. The van der Waals surface area contributed by atoms with Gasteiger partial charge in [-0.05, 0) is 37.0 Å². The molecule has 0 saturated heterocycles. The SMILES string of the molecule is CC1CCC(C(C)C)C(OC(=O)C(I)CCI)C1. The van der Waals surface area contributed by atoms with Gasteiger partial charge in [0.15, 0.2) is 0 Å². The number of rotatable bonds is 5. The smallest absolute Gasteiger partial charge is 0.319 e. The molecule has 0 amide bonds. The largest absolute Gasteiger partial charge is 0.461 e. The number of halogens is 2. The van der Waals surface area contributed by atoms with Crippen LogP contribution in [-0.2, 0) is 9.53 Å². The predicted molar refractivity (Wildman–Crippen MR) is 92.5 cm³/mol. The maximum atomic E-state index is 12.0. The summed E-state index contributed by atoms with van der Waals surface area (Å²) in [4.78, 5) is 12.0. The second-order valence-corrected chi connectivity index (χ2v) is 8.33. The van der Waals surface area contributed by atoms with Crippen molar-refractivity contribution in [2.45, 2.75) is 56.5 Å². The standard InChI is InChI=1S/C14H24I2O2/c1-9(2)11-5-4-10(3)8-13(11)18-14(17)12(16)6-7-15/h9-13H,4-8H2,1-3H3. The maximum absolute atomic E-state index is 12.0. The molecular formula is C14H24I2O2. The number of hydrogen-bond acceptors (Lipinski definition) is 2. The Labute approximate surface area is 138 Å². The first kappa shape index (κ1) is 17.0. The lowest BCUT2D eigenvalue weighted by Crippen LogP contribution is -2.37. The fraction of sp³-hybridized carbons (Fsp3) is 0.929. The lowest BCUT2D eigenvalue weighted by Gasteiger charge is -2.37. The molecule has 0 aromatic heterocycles. The summed E-state index contributed by atoms with van der Waals surface area (Å²) in [5, 5.41) is 0. The average molecular weight is 478 g/mol. The topological polar surface area (TPSA) is 26.3 Å². The summed E-state index contributed by atoms with van der Waals surface area (Å²) < 4.78 is 6.83. The second kappa shape index (κ2) is 8.27. The number of esters is 1. The Hall–Kier alpha value is 0.930. The van der Waals surface area contributed by atoms with Crippen LogP contribution >= 0.6 is 45.2 Å². The lowest BCUT2D eigenvalue weighted by molar-refractivity contribution is -0.154. The third-order valence-corrected chi connectivity index (χ3v) is 5.60. The van der Waals surface area contributed by atoms with Gasteiger partial charge in [-0.3, -0.25) is 4.79 Å². The van der Waals surface area contributed by atoms with Gasteiger partial charge in [0.2, 0.25) is 0 Å². The first-order valence-corrected chi connectivity index (χ1v) is 9.63. The number of hydrogen-bond donors (Lipinski definition) is 0. The highest BCUT2D eigenvalue weighted by atomic mass is 127. The van der Waals surface area contributed by atoms with Crippen LogP contribution in [0.5, 0.6) is 0 Å². The van der Waals surface area contributed by atoms with Crippen LogP contribution in [0, 0.1) is 17.8 Å². The minimum absolute atomic E-state index is 0.00276. The van der Waals surface area contributed by atoms with E-state index in [1.807, 2.05) is 0 Å². The molecule has 0 heterocycles. The first-order valence-electron chi connectivity index (χ1n) is 6.86. The van der Waals surface area contributed by atoms with E-state index in [0.717, 1.165) is 17.3 Å². The maximum Gasteiger partial charge on any atom is 0.319 e. The van der Waals surface area contributed by atoms with Crippen LogP contribution in [0.3, 0.4) is 0 Å². The molecule has 106 valence electrons. The minimum atomic E-state index is -0.00276. The van der Waals surface area contributed by atoms with E-state index in [1.54, 1.807) is 0 Å². The van der Waals surface area contributed by atoms with E-state index >= 15 is 0 Å². The summed E-state index contributed by atoms with van der Waals surface area (Å²) >= 11 is 4.53. The van der Waals surface area contributed by atoms with Crippen molar-refractivity contribution < 1.29 is 9.53 Å². The normalized spacial score (nSPS) is 30.2. The van der Waals surface area contributed by atoms with Crippen LogP contribution in [0.2, 0.25) is 0 Å². The molecule has 18 heavy (non-hydrogen) atoms. The van der Waals surface area contributed by atoms with Gasteiger partial charge in [-0.1, -0.05) is 72.4 Å². The molecule has 0 N–H and O–H groups in total. The van der Waals surface area contributed by atoms with Gasteiger partial charge in [0, 0.05) is 4.43 Å². The highest BCUT2D eigenvalue weighted by Gasteiger charge is 2.34. The quantitative estimate of drug-likeness (QED) is 0.328. The number of carbonyl (C=O) groups is 1. The molecule has 0 bridgehead atoms. The van der Waals surface area contributed by atoms with Crippen LogP contribution in [-0.4, -0.2) is 20.4 Å². The van der Waals surface area contributed by atoms with Gasteiger partial charge in [-0.15, -0.1) is 0 Å². The fourth-order valence-corrected chi connectivity index (χ4v) is 4.96. The van der Waals surface area contributed by atoms with Crippen LogP contribution < -0.4 is 0 Å². The summed E-state index contributed by atoms with van der Waals surface area (Å²) in [5.41, 5.74) is 0. The summed E-state index contributed by atoms with van der Waals surface area (Å²) in [7, 11) is 0. The van der Waals surface area contributed by atoms with Crippen LogP contribution in [0.15, 0.2) is 0 Å². The molecule has 0 aromatic carbocycles. The number of alkyl halides is 2. The monoisotopic (exact) mass is 478 g/mol. The van der Waals surface area contributed by atoms with Gasteiger partial charge in [-0.25, -0.2) is 0 Å². The van der Waals surface area contributed by atoms with Gasteiger partial charge >= 0.3 is 5.97 Å². The summed E-state index contributed by atoms with van der Waals surface area (Å²) in [6, 6.07) is 0. The van der Waals surface area contributed by atoms with Crippen molar-refractivity contribution in [1.29, 1.82) is 0 Å². The molecule has 4 unspecified atom stereocenters. The summed E-state index contributed by atoms with van der Waals surface area (Å²) in [5.74, 6) is 1.84. The molecule has 1 saturated carbocycles. The Morgan fingerprint density at radius 2 is 2.06 bits per heavy atom. The van der Waals surface area contributed by atoms with Crippen LogP contribution in [0.25, 0.3) is 0 Å². The predicted octanol–water partition coefficient (Wildman–Crippen LogP) is 4.62. The summed E-state index contributed by atoms with van der Waals surface area (Å²) in [6.07, 6.45) is 4.58. The molecule has 4 heteroatoms. The van der Waals surface area contributed by atoms with Crippen molar-refractivity contribution in [2.75, 3.05) is 4.43 Å². The van der Waals surface area contributed by atoms with Crippen molar-refractivity contribution in [3.05, 3.63) is 0 Å². The molecule has 1 rings (SSSR count). The zero-order valence-electron chi connectivity index (χ0n) is 11.5. The number of carbonyl (C=O) groups excluding carboxylic acids is 1. The van der Waals surface area contributed by atoms with Gasteiger partial charge < -0.3 is 4.74 Å². The first-order chi connectivity index (χ1) is 8.45. The Morgan fingerprint density at radius 3 is 2.61 bits per heavy atom. The van der Waals surface area contributed by atoms with Gasteiger partial charge in [-0.2, -0.15) is 0 Å². The van der Waals surface area contributed by atoms with Crippen molar-refractivity contribution in [3.8, 4) is 0 Å². The fourth-order valence-electron chi connectivity index (χ4n) is 2.69. The Balaban J connectivity index is 2.57. The van der Waals surface area contributed by atoms with E-state index in [2.05, 4.69) is 66.0 Å². The summed E-state index contributed by atoms with van der Waals surface area (Å²) in [6.45, 7) is 6.76. The van der Waals surface area contributed by atoms with Crippen molar-refractivity contribution in [1.82, 2.24) is 0 Å². The average Bonchev–Trinajstić information content (AvgIpc) is 2.28. The Kier molecular flexibility index (Phi) is 7.80. The Morgan fingerprint density at radius 1 is 1.39 bits per heavy atom. The van der Waals surface area contributed by atoms with Gasteiger partial charge in [0.05, 0.1) is 0 Å². The zero-order valence-corrected chi connectivity index (χ0v) is 15.8. The van der Waals surface area contributed by atoms with Crippen molar-refractivity contribution in [3.63, 3.8) is 0 Å². The van der Waals surface area contributed by atoms with E-state index in [-0.39, 0.29) is 16.0 Å². The Bertz CT molecular complexity index is 269. The van der Waals surface area contributed by atoms with E-state index in [9.17, 15) is 4.79 Å². The highest BCUT2D eigenvalue weighted by Crippen LogP contribution is 2.35. The molecule has 1 aliphatic carbocycles. The van der Waals surface area contributed by atoms with E-state index in [1.165, 1.54) is 12.8 Å². The molecule has 0 aromatic rings. The second-order valence-electron chi connectivity index (χ2n) is 5.75. The third-order valence-electron chi connectivity index (χ3n) is 3.85. The molecule has 1 fully saturated rings. The molecule has 0 radical (unpaired) electrons. The van der Waals surface area contributed by atoms with Crippen molar-refractivity contribution >= 4 is 51.2 Å². The third kappa shape index (κ3) is 5.13. The molecular weight excluding hydrogens is 454 g/mol. The molecule has 2 nitrogen and oxygen atoms in total. The van der Waals surface area contributed by atoms with Crippen LogP contribution in [0.1, 0.15) is 46.5 Å². The molecule has 0 aliphatic heterocycles. The van der Waals surface area contributed by atoms with Gasteiger partial charge in [0.25, 0.3) is 0 Å². The van der Waals surface area contributed by atoms with E-state index in [4.69, 9.17) is 4.74 Å². The number of ether oxygens (including phenoxy) is 1. The molecule has 0 spiro atoms. The van der Waals surface area contributed by atoms with E-state index in [0.29, 0.717) is 17.8 Å². The molecule has 1 aliphatic rings. The van der Waals surface area contributed by atoms with Gasteiger partial charge in [0.1, 0.15) is 10.0 Å². The molecule has 4 atom stereocenters. The minimum Gasteiger partial charge on any atom is -0.461 e. The van der Waals surface area contributed by atoms with Crippen LogP contribution in [0.4, 0.5) is 0 Å². The highest BCUT2D eigenvalue weighted by molar-refractivity contribution is 14.1. The lowest BCUT2D eigenvalue weighted by atomic mass is 9.75. The van der Waals surface area contributed by atoms with E-state index < -0.39 is 0 Å².